The van der Waals surface area contributed by atoms with Gasteiger partial charge in [0.05, 0.1) is 12.9 Å². The van der Waals surface area contributed by atoms with E-state index < -0.39 is 5.91 Å². The predicted molar refractivity (Wildman–Crippen MR) is 71.2 cm³/mol. The summed E-state index contributed by atoms with van der Waals surface area (Å²) in [5.41, 5.74) is 10.9. The maximum Gasteiger partial charge on any atom is 0.274 e. The maximum atomic E-state index is 12.2. The normalized spacial score (nSPS) is 10.7. The number of carbonyl (C=O) groups is 2. The SMILES string of the molecule is CC(C)CN(CC(N)=O)C(=O)c1cn(CCN)cn1. The van der Waals surface area contributed by atoms with Crippen LogP contribution in [0.4, 0.5) is 0 Å². The molecule has 0 unspecified atom stereocenters. The van der Waals surface area contributed by atoms with Crippen LogP contribution in [-0.2, 0) is 11.3 Å². The van der Waals surface area contributed by atoms with Crippen LogP contribution in [0.15, 0.2) is 12.5 Å². The molecule has 1 aromatic heterocycles. The van der Waals surface area contributed by atoms with Gasteiger partial charge in [-0.1, -0.05) is 13.8 Å². The lowest BCUT2D eigenvalue weighted by Crippen LogP contribution is -2.40. The Morgan fingerprint density at radius 3 is 2.68 bits per heavy atom. The van der Waals surface area contributed by atoms with Crippen molar-refractivity contribution in [3.05, 3.63) is 18.2 Å². The minimum atomic E-state index is -0.532. The van der Waals surface area contributed by atoms with E-state index in [1.807, 2.05) is 13.8 Å². The maximum absolute atomic E-state index is 12.2. The summed E-state index contributed by atoms with van der Waals surface area (Å²) in [4.78, 5) is 28.7. The molecule has 0 aliphatic heterocycles. The van der Waals surface area contributed by atoms with Crippen LogP contribution in [0.5, 0.6) is 0 Å². The van der Waals surface area contributed by atoms with E-state index in [1.165, 1.54) is 4.90 Å². The van der Waals surface area contributed by atoms with Crippen molar-refractivity contribution in [1.29, 1.82) is 0 Å². The average Bonchev–Trinajstić information content (AvgIpc) is 2.75. The van der Waals surface area contributed by atoms with Crippen molar-refractivity contribution in [3.8, 4) is 0 Å². The van der Waals surface area contributed by atoms with Crippen molar-refractivity contribution in [2.24, 2.45) is 17.4 Å². The molecular weight excluding hydrogens is 246 g/mol. The van der Waals surface area contributed by atoms with Gasteiger partial charge in [-0.25, -0.2) is 4.98 Å². The van der Waals surface area contributed by atoms with Gasteiger partial charge in [-0.15, -0.1) is 0 Å². The van der Waals surface area contributed by atoms with E-state index in [9.17, 15) is 9.59 Å². The summed E-state index contributed by atoms with van der Waals surface area (Å²) in [6.45, 7) is 5.37. The molecule has 0 atom stereocenters. The number of imidazole rings is 1. The lowest BCUT2D eigenvalue weighted by Gasteiger charge is -2.22. The van der Waals surface area contributed by atoms with Gasteiger partial charge >= 0.3 is 0 Å². The van der Waals surface area contributed by atoms with Gasteiger partial charge in [0.25, 0.3) is 5.91 Å². The average molecular weight is 267 g/mol. The molecular formula is C12H21N5O2. The van der Waals surface area contributed by atoms with Crippen LogP contribution in [-0.4, -0.2) is 45.9 Å². The van der Waals surface area contributed by atoms with Gasteiger partial charge in [0.1, 0.15) is 5.69 Å². The second-order valence-electron chi connectivity index (χ2n) is 4.83. The summed E-state index contributed by atoms with van der Waals surface area (Å²) in [6, 6.07) is 0. The summed E-state index contributed by atoms with van der Waals surface area (Å²) in [5, 5.41) is 0. The van der Waals surface area contributed by atoms with E-state index in [4.69, 9.17) is 11.5 Å². The van der Waals surface area contributed by atoms with Crippen molar-refractivity contribution in [2.45, 2.75) is 20.4 Å². The third kappa shape index (κ3) is 4.70. The lowest BCUT2D eigenvalue weighted by molar-refractivity contribution is -0.118. The van der Waals surface area contributed by atoms with Crippen LogP contribution in [0.3, 0.4) is 0 Å². The highest BCUT2D eigenvalue weighted by molar-refractivity contribution is 5.94. The molecule has 2 amide bonds. The Balaban J connectivity index is 2.81. The zero-order valence-corrected chi connectivity index (χ0v) is 11.4. The Bertz CT molecular complexity index is 441. The fourth-order valence-electron chi connectivity index (χ4n) is 1.75. The van der Waals surface area contributed by atoms with Crippen molar-refractivity contribution >= 4 is 11.8 Å². The van der Waals surface area contributed by atoms with Gasteiger partial charge in [-0.05, 0) is 5.92 Å². The topological polar surface area (TPSA) is 107 Å². The molecule has 0 saturated heterocycles. The molecule has 0 aliphatic rings. The van der Waals surface area contributed by atoms with Gasteiger partial charge in [0.15, 0.2) is 0 Å². The van der Waals surface area contributed by atoms with Crippen LogP contribution >= 0.6 is 0 Å². The molecule has 1 heterocycles. The Labute approximate surface area is 112 Å². The van der Waals surface area contributed by atoms with Crippen LogP contribution in [0, 0.1) is 5.92 Å². The fourth-order valence-corrected chi connectivity index (χ4v) is 1.75. The highest BCUT2D eigenvalue weighted by atomic mass is 16.2. The monoisotopic (exact) mass is 267 g/mol. The van der Waals surface area contributed by atoms with E-state index in [2.05, 4.69) is 4.98 Å². The first kappa shape index (κ1) is 15.2. The molecule has 1 rings (SSSR count). The Kier molecular flexibility index (Phi) is 5.50. The van der Waals surface area contributed by atoms with E-state index in [-0.39, 0.29) is 18.4 Å². The van der Waals surface area contributed by atoms with Crippen molar-refractivity contribution in [1.82, 2.24) is 14.5 Å². The third-order valence-electron chi connectivity index (χ3n) is 2.46. The first-order valence-electron chi connectivity index (χ1n) is 6.23. The highest BCUT2D eigenvalue weighted by Crippen LogP contribution is 2.06. The highest BCUT2D eigenvalue weighted by Gasteiger charge is 2.20. The first-order chi connectivity index (χ1) is 8.93. The molecule has 7 nitrogen and oxygen atoms in total. The number of carbonyl (C=O) groups excluding carboxylic acids is 2. The molecule has 0 fully saturated rings. The third-order valence-corrected chi connectivity index (χ3v) is 2.46. The molecule has 0 radical (unpaired) electrons. The number of nitrogens with two attached hydrogens (primary N) is 2. The van der Waals surface area contributed by atoms with Gasteiger partial charge in [0.2, 0.25) is 5.91 Å². The zero-order valence-electron chi connectivity index (χ0n) is 11.4. The number of hydrogen-bond acceptors (Lipinski definition) is 4. The first-order valence-corrected chi connectivity index (χ1v) is 6.23. The summed E-state index contributed by atoms with van der Waals surface area (Å²) in [5.74, 6) is -0.576. The van der Waals surface area contributed by atoms with Gasteiger partial charge in [0, 0.05) is 25.8 Å². The van der Waals surface area contributed by atoms with E-state index >= 15 is 0 Å². The molecule has 4 N–H and O–H groups in total. The Morgan fingerprint density at radius 2 is 2.16 bits per heavy atom. The van der Waals surface area contributed by atoms with Crippen LogP contribution in [0.1, 0.15) is 24.3 Å². The molecule has 0 spiro atoms. The van der Waals surface area contributed by atoms with Crippen LogP contribution < -0.4 is 11.5 Å². The number of amides is 2. The molecule has 1 aromatic rings. The number of rotatable bonds is 7. The quantitative estimate of drug-likeness (QED) is 0.689. The van der Waals surface area contributed by atoms with Crippen molar-refractivity contribution < 1.29 is 9.59 Å². The molecule has 106 valence electrons. The smallest absolute Gasteiger partial charge is 0.274 e. The summed E-state index contributed by atoms with van der Waals surface area (Å²) < 4.78 is 1.74. The summed E-state index contributed by atoms with van der Waals surface area (Å²) in [6.07, 6.45) is 3.18. The molecule has 19 heavy (non-hydrogen) atoms. The predicted octanol–water partition coefficient (Wildman–Crippen LogP) is -0.575. The minimum Gasteiger partial charge on any atom is -0.368 e. The summed E-state index contributed by atoms with van der Waals surface area (Å²) >= 11 is 0. The van der Waals surface area contributed by atoms with Gasteiger partial charge < -0.3 is 20.9 Å². The van der Waals surface area contributed by atoms with E-state index in [0.717, 1.165) is 0 Å². The zero-order chi connectivity index (χ0) is 14.4. The molecule has 0 saturated carbocycles. The van der Waals surface area contributed by atoms with Crippen molar-refractivity contribution in [2.75, 3.05) is 19.6 Å². The second kappa shape index (κ2) is 6.89. The minimum absolute atomic E-state index is 0.0965. The molecule has 0 bridgehead atoms. The fraction of sp³-hybridized carbons (Fsp3) is 0.583. The van der Waals surface area contributed by atoms with Crippen LogP contribution in [0.25, 0.3) is 0 Å². The van der Waals surface area contributed by atoms with E-state index in [0.29, 0.717) is 25.3 Å². The van der Waals surface area contributed by atoms with Gasteiger partial charge in [-0.2, -0.15) is 0 Å². The largest absolute Gasteiger partial charge is 0.368 e. The number of hydrogen-bond donors (Lipinski definition) is 2. The standard InChI is InChI=1S/C12H21N5O2/c1-9(2)5-17(7-11(14)18)12(19)10-6-16(4-3-13)8-15-10/h6,8-9H,3-5,7,13H2,1-2H3,(H2,14,18). The van der Waals surface area contributed by atoms with Crippen molar-refractivity contribution in [3.63, 3.8) is 0 Å². The molecule has 0 aliphatic carbocycles. The van der Waals surface area contributed by atoms with E-state index in [1.54, 1.807) is 17.1 Å². The summed E-state index contributed by atoms with van der Waals surface area (Å²) in [7, 11) is 0. The lowest BCUT2D eigenvalue weighted by atomic mass is 10.2. The molecule has 0 aromatic carbocycles. The Morgan fingerprint density at radius 1 is 1.47 bits per heavy atom. The number of primary amides is 1. The number of nitrogens with zero attached hydrogens (tertiary/aromatic N) is 3. The van der Waals surface area contributed by atoms with Crippen LogP contribution in [0.2, 0.25) is 0 Å². The Hall–Kier alpha value is -1.89. The second-order valence-corrected chi connectivity index (χ2v) is 4.83. The molecule has 7 heteroatoms. The van der Waals surface area contributed by atoms with Gasteiger partial charge in [-0.3, -0.25) is 9.59 Å². The number of aromatic nitrogens is 2.